The van der Waals surface area contributed by atoms with Gasteiger partial charge in [-0.25, -0.2) is 13.2 Å². The molecule has 27 heavy (non-hydrogen) atoms. The predicted octanol–water partition coefficient (Wildman–Crippen LogP) is 7.10. The first kappa shape index (κ1) is 17.1. The van der Waals surface area contributed by atoms with E-state index in [0.717, 1.165) is 0 Å². The van der Waals surface area contributed by atoms with Crippen molar-refractivity contribution in [1.29, 1.82) is 0 Å². The lowest BCUT2D eigenvalue weighted by molar-refractivity contribution is 0.557. The summed E-state index contributed by atoms with van der Waals surface area (Å²) < 4.78 is 46.1. The maximum absolute atomic E-state index is 15.4. The summed E-state index contributed by atoms with van der Waals surface area (Å²) in [5.41, 5.74) is 0.407. The lowest BCUT2D eigenvalue weighted by Gasteiger charge is -2.16. The van der Waals surface area contributed by atoms with Crippen LogP contribution in [0.3, 0.4) is 0 Å². The highest BCUT2D eigenvalue weighted by atomic mass is 19.1. The molecule has 0 N–H and O–H groups in total. The Morgan fingerprint density at radius 3 is 0.778 bits per heavy atom. The second-order valence-corrected chi connectivity index (χ2v) is 6.17. The Bertz CT molecular complexity index is 910. The van der Waals surface area contributed by atoms with Crippen LogP contribution in [0.2, 0.25) is 0 Å². The molecule has 4 rings (SSSR count). The minimum atomic E-state index is -0.901. The van der Waals surface area contributed by atoms with Gasteiger partial charge < -0.3 is 0 Å². The quantitative estimate of drug-likeness (QED) is 0.365. The molecule has 0 amide bonds. The van der Waals surface area contributed by atoms with Crippen molar-refractivity contribution in [3.8, 4) is 33.4 Å². The molecular formula is C24H15F3. The first-order chi connectivity index (χ1) is 13.2. The predicted molar refractivity (Wildman–Crippen MR) is 103 cm³/mol. The first-order valence-electron chi connectivity index (χ1n) is 8.55. The van der Waals surface area contributed by atoms with Gasteiger partial charge in [-0.2, -0.15) is 0 Å². The van der Waals surface area contributed by atoms with Gasteiger partial charge in [-0.1, -0.05) is 91.0 Å². The van der Waals surface area contributed by atoms with Crippen LogP contribution in [0.4, 0.5) is 13.2 Å². The van der Waals surface area contributed by atoms with Gasteiger partial charge in [0, 0.05) is 0 Å². The topological polar surface area (TPSA) is 0 Å². The van der Waals surface area contributed by atoms with E-state index in [4.69, 9.17) is 0 Å². The van der Waals surface area contributed by atoms with Crippen molar-refractivity contribution in [2.45, 2.75) is 0 Å². The third-order valence-electron chi connectivity index (χ3n) is 4.50. The highest BCUT2D eigenvalue weighted by Gasteiger charge is 2.27. The van der Waals surface area contributed by atoms with Crippen molar-refractivity contribution >= 4 is 0 Å². The van der Waals surface area contributed by atoms with E-state index in [9.17, 15) is 0 Å². The van der Waals surface area contributed by atoms with Crippen LogP contribution < -0.4 is 0 Å². The normalized spacial score (nSPS) is 10.8. The Hall–Kier alpha value is -3.33. The van der Waals surface area contributed by atoms with Gasteiger partial charge in [0.2, 0.25) is 0 Å². The standard InChI is InChI=1S/C24H15F3/c25-22-19(16-10-4-1-5-11-16)23(26)21(18-14-8-3-9-15-18)24(27)20(22)17-12-6-2-7-13-17/h1-15H. The summed E-state index contributed by atoms with van der Waals surface area (Å²) in [5, 5.41) is 0. The zero-order valence-electron chi connectivity index (χ0n) is 14.3. The molecule has 0 spiro atoms. The van der Waals surface area contributed by atoms with Crippen LogP contribution in [0.1, 0.15) is 0 Å². The molecule has 4 aromatic rings. The molecule has 0 fully saturated rings. The fraction of sp³-hybridized carbons (Fsp3) is 0. The molecule has 0 saturated carbocycles. The maximum Gasteiger partial charge on any atom is 0.144 e. The molecule has 0 bridgehead atoms. The largest absolute Gasteiger partial charge is 0.205 e. The molecule has 4 aromatic carbocycles. The molecule has 3 heteroatoms. The molecular weight excluding hydrogens is 345 g/mol. The van der Waals surface area contributed by atoms with Crippen molar-refractivity contribution < 1.29 is 13.2 Å². The van der Waals surface area contributed by atoms with Crippen LogP contribution in [0.15, 0.2) is 91.0 Å². The number of hydrogen-bond donors (Lipinski definition) is 0. The van der Waals surface area contributed by atoms with Crippen molar-refractivity contribution in [2.75, 3.05) is 0 Å². The van der Waals surface area contributed by atoms with E-state index in [1.165, 1.54) is 0 Å². The third kappa shape index (κ3) is 3.02. The van der Waals surface area contributed by atoms with E-state index in [0.29, 0.717) is 16.7 Å². The summed E-state index contributed by atoms with van der Waals surface area (Å²) >= 11 is 0. The fourth-order valence-electron chi connectivity index (χ4n) is 3.24. The summed E-state index contributed by atoms with van der Waals surface area (Å²) in [4.78, 5) is 0. The van der Waals surface area contributed by atoms with E-state index in [2.05, 4.69) is 0 Å². The summed E-state index contributed by atoms with van der Waals surface area (Å²) in [6.07, 6.45) is 0. The van der Waals surface area contributed by atoms with Gasteiger partial charge in [-0.15, -0.1) is 0 Å². The van der Waals surface area contributed by atoms with Crippen molar-refractivity contribution in [1.82, 2.24) is 0 Å². The number of halogens is 3. The van der Waals surface area contributed by atoms with E-state index in [1.54, 1.807) is 91.0 Å². The minimum absolute atomic E-state index is 0.227. The Morgan fingerprint density at radius 1 is 0.333 bits per heavy atom. The smallest absolute Gasteiger partial charge is 0.144 e. The minimum Gasteiger partial charge on any atom is -0.205 e. The second-order valence-electron chi connectivity index (χ2n) is 6.17. The Morgan fingerprint density at radius 2 is 0.556 bits per heavy atom. The summed E-state index contributed by atoms with van der Waals surface area (Å²) in [6, 6.07) is 25.2. The number of hydrogen-bond acceptors (Lipinski definition) is 0. The second kappa shape index (κ2) is 7.12. The van der Waals surface area contributed by atoms with Crippen LogP contribution in [0.25, 0.3) is 33.4 Å². The SMILES string of the molecule is Fc1c(-c2ccccc2)c(F)c(-c2ccccc2)c(F)c1-c1ccccc1. The summed E-state index contributed by atoms with van der Waals surface area (Å²) in [6.45, 7) is 0. The van der Waals surface area contributed by atoms with Crippen LogP contribution in [-0.4, -0.2) is 0 Å². The average molecular weight is 360 g/mol. The van der Waals surface area contributed by atoms with E-state index in [-0.39, 0.29) is 16.7 Å². The maximum atomic E-state index is 15.4. The van der Waals surface area contributed by atoms with Gasteiger partial charge in [0.05, 0.1) is 16.7 Å². The van der Waals surface area contributed by atoms with Crippen LogP contribution in [0.5, 0.6) is 0 Å². The Labute approximate surface area is 155 Å². The highest BCUT2D eigenvalue weighted by Crippen LogP contribution is 2.41. The first-order valence-corrected chi connectivity index (χ1v) is 8.55. The number of benzene rings is 4. The van der Waals surface area contributed by atoms with Gasteiger partial charge in [0.25, 0.3) is 0 Å². The molecule has 0 nitrogen and oxygen atoms in total. The molecule has 0 radical (unpaired) electrons. The molecule has 0 aliphatic heterocycles. The molecule has 0 aliphatic carbocycles. The summed E-state index contributed by atoms with van der Waals surface area (Å²) in [5.74, 6) is -2.70. The van der Waals surface area contributed by atoms with Crippen LogP contribution in [-0.2, 0) is 0 Å². The van der Waals surface area contributed by atoms with Gasteiger partial charge in [0.1, 0.15) is 17.5 Å². The van der Waals surface area contributed by atoms with E-state index < -0.39 is 17.5 Å². The van der Waals surface area contributed by atoms with Gasteiger partial charge >= 0.3 is 0 Å². The third-order valence-corrected chi connectivity index (χ3v) is 4.50. The molecule has 132 valence electrons. The van der Waals surface area contributed by atoms with Crippen molar-refractivity contribution in [2.24, 2.45) is 0 Å². The Balaban J connectivity index is 2.12. The number of rotatable bonds is 3. The van der Waals surface area contributed by atoms with Crippen LogP contribution in [0, 0.1) is 17.5 Å². The van der Waals surface area contributed by atoms with Crippen LogP contribution >= 0.6 is 0 Å². The van der Waals surface area contributed by atoms with E-state index >= 15 is 13.2 Å². The monoisotopic (exact) mass is 360 g/mol. The molecule has 0 aromatic heterocycles. The van der Waals surface area contributed by atoms with Crippen molar-refractivity contribution in [3.05, 3.63) is 108 Å². The molecule has 0 unspecified atom stereocenters. The molecule has 0 atom stereocenters. The van der Waals surface area contributed by atoms with Gasteiger partial charge in [-0.05, 0) is 16.7 Å². The molecule has 0 heterocycles. The zero-order valence-corrected chi connectivity index (χ0v) is 14.3. The lowest BCUT2D eigenvalue weighted by Crippen LogP contribution is -2.02. The average Bonchev–Trinajstić information content (AvgIpc) is 2.70. The Kier molecular flexibility index (Phi) is 4.51. The fourth-order valence-corrected chi connectivity index (χ4v) is 3.24. The lowest BCUT2D eigenvalue weighted by atomic mass is 9.91. The van der Waals surface area contributed by atoms with Gasteiger partial charge in [-0.3, -0.25) is 0 Å². The van der Waals surface area contributed by atoms with E-state index in [1.807, 2.05) is 0 Å². The van der Waals surface area contributed by atoms with Crippen molar-refractivity contribution in [3.63, 3.8) is 0 Å². The molecule has 0 saturated heterocycles. The zero-order chi connectivity index (χ0) is 18.8. The summed E-state index contributed by atoms with van der Waals surface area (Å²) in [7, 11) is 0. The molecule has 0 aliphatic rings. The van der Waals surface area contributed by atoms with Gasteiger partial charge in [0.15, 0.2) is 0 Å². The highest BCUT2D eigenvalue weighted by molar-refractivity contribution is 5.83.